The van der Waals surface area contributed by atoms with Crippen LogP contribution in [0.3, 0.4) is 0 Å². The van der Waals surface area contributed by atoms with Gasteiger partial charge in [-0.15, -0.1) is 0 Å². The molecule has 0 atom stereocenters. The van der Waals surface area contributed by atoms with Crippen LogP contribution in [0.1, 0.15) is 21.7 Å². The first kappa shape index (κ1) is 16.1. The van der Waals surface area contributed by atoms with E-state index in [1.54, 1.807) is 27.5 Å². The lowest BCUT2D eigenvalue weighted by atomic mass is 10.0. The zero-order valence-electron chi connectivity index (χ0n) is 14.2. The van der Waals surface area contributed by atoms with Gasteiger partial charge in [0.2, 0.25) is 5.95 Å². The third kappa shape index (κ3) is 2.85. The molecular formula is C18H15FN6O. The smallest absolute Gasteiger partial charge is 0.213 e. The van der Waals surface area contributed by atoms with Gasteiger partial charge in [0.15, 0.2) is 11.4 Å². The van der Waals surface area contributed by atoms with E-state index in [0.717, 1.165) is 17.0 Å². The molecule has 4 heterocycles. The van der Waals surface area contributed by atoms with Crippen molar-refractivity contribution in [1.82, 2.24) is 29.4 Å². The molecule has 4 rings (SSSR count). The highest BCUT2D eigenvalue weighted by molar-refractivity contribution is 6.03. The van der Waals surface area contributed by atoms with Crippen LogP contribution in [0.4, 0.5) is 4.39 Å². The molecule has 0 saturated carbocycles. The Morgan fingerprint density at radius 1 is 1.27 bits per heavy atom. The number of hydrogen-bond acceptors (Lipinski definition) is 5. The number of hydrogen-bond donors (Lipinski definition) is 0. The van der Waals surface area contributed by atoms with E-state index in [1.165, 1.54) is 18.5 Å². The van der Waals surface area contributed by atoms with Crippen molar-refractivity contribution < 1.29 is 9.18 Å². The van der Waals surface area contributed by atoms with Gasteiger partial charge in [0.05, 0.1) is 29.1 Å². The van der Waals surface area contributed by atoms with Crippen molar-refractivity contribution >= 4 is 11.4 Å². The first-order chi connectivity index (χ1) is 12.5. The van der Waals surface area contributed by atoms with Gasteiger partial charge < -0.3 is 0 Å². The second kappa shape index (κ2) is 6.14. The molecular weight excluding hydrogens is 335 g/mol. The number of fused-ring (bicyclic) bond motifs is 1. The van der Waals surface area contributed by atoms with Crippen molar-refractivity contribution in [1.29, 1.82) is 0 Å². The summed E-state index contributed by atoms with van der Waals surface area (Å²) >= 11 is 0. The number of nitrogens with zero attached hydrogens (tertiary/aromatic N) is 6. The molecule has 0 saturated heterocycles. The van der Waals surface area contributed by atoms with Crippen molar-refractivity contribution in [2.45, 2.75) is 13.3 Å². The molecule has 0 amide bonds. The van der Waals surface area contributed by atoms with Gasteiger partial charge in [-0.25, -0.2) is 14.5 Å². The number of aromatic nitrogens is 6. The van der Waals surface area contributed by atoms with Crippen molar-refractivity contribution in [3.8, 4) is 11.3 Å². The van der Waals surface area contributed by atoms with Gasteiger partial charge in [-0.1, -0.05) is 6.07 Å². The van der Waals surface area contributed by atoms with Crippen LogP contribution in [0.5, 0.6) is 0 Å². The summed E-state index contributed by atoms with van der Waals surface area (Å²) in [6.07, 6.45) is 3.18. The highest BCUT2D eigenvalue weighted by Gasteiger charge is 2.17. The summed E-state index contributed by atoms with van der Waals surface area (Å²) in [4.78, 5) is 20.8. The maximum Gasteiger partial charge on any atom is 0.213 e. The SMILES string of the molecule is Cc1cc(-c2cc(C(=O)Cc3cccc(F)n3)c3ncnn3c2)n(C)n1. The Morgan fingerprint density at radius 3 is 2.85 bits per heavy atom. The molecule has 0 fully saturated rings. The normalized spacial score (nSPS) is 11.2. The zero-order chi connectivity index (χ0) is 18.3. The first-order valence-corrected chi connectivity index (χ1v) is 8.00. The number of carbonyl (C=O) groups is 1. The highest BCUT2D eigenvalue weighted by Crippen LogP contribution is 2.23. The Morgan fingerprint density at radius 2 is 2.12 bits per heavy atom. The summed E-state index contributed by atoms with van der Waals surface area (Å²) in [6, 6.07) is 8.10. The van der Waals surface area contributed by atoms with E-state index in [2.05, 4.69) is 20.2 Å². The fourth-order valence-corrected chi connectivity index (χ4v) is 2.96. The highest BCUT2D eigenvalue weighted by atomic mass is 19.1. The van der Waals surface area contributed by atoms with E-state index in [4.69, 9.17) is 0 Å². The fourth-order valence-electron chi connectivity index (χ4n) is 2.96. The van der Waals surface area contributed by atoms with E-state index in [1.807, 2.05) is 20.0 Å². The number of ketones is 1. The van der Waals surface area contributed by atoms with Gasteiger partial charge in [0.1, 0.15) is 6.33 Å². The summed E-state index contributed by atoms with van der Waals surface area (Å²) in [5.41, 5.74) is 3.76. The maximum atomic E-state index is 13.3. The molecule has 0 aliphatic heterocycles. The Hall–Kier alpha value is -3.42. The molecule has 0 bridgehead atoms. The summed E-state index contributed by atoms with van der Waals surface area (Å²) < 4.78 is 16.6. The zero-order valence-corrected chi connectivity index (χ0v) is 14.2. The molecule has 26 heavy (non-hydrogen) atoms. The largest absolute Gasteiger partial charge is 0.294 e. The molecule has 4 aromatic heterocycles. The minimum atomic E-state index is -0.609. The lowest BCUT2D eigenvalue weighted by molar-refractivity contribution is 0.0993. The molecule has 130 valence electrons. The molecule has 0 radical (unpaired) electrons. The molecule has 0 N–H and O–H groups in total. The van der Waals surface area contributed by atoms with Crippen LogP contribution in [0, 0.1) is 12.9 Å². The predicted octanol–water partition coefficient (Wildman–Crippen LogP) is 2.40. The second-order valence-electron chi connectivity index (χ2n) is 6.02. The minimum Gasteiger partial charge on any atom is -0.294 e. The summed E-state index contributed by atoms with van der Waals surface area (Å²) in [5.74, 6) is -0.816. The van der Waals surface area contributed by atoms with E-state index in [-0.39, 0.29) is 12.2 Å². The number of aryl methyl sites for hydroxylation is 2. The van der Waals surface area contributed by atoms with Gasteiger partial charge in [-0.05, 0) is 31.2 Å². The third-order valence-electron chi connectivity index (χ3n) is 4.09. The van der Waals surface area contributed by atoms with Crippen LogP contribution in [0.25, 0.3) is 16.9 Å². The van der Waals surface area contributed by atoms with Gasteiger partial charge in [-0.3, -0.25) is 9.48 Å². The fraction of sp³-hybridized carbons (Fsp3) is 0.167. The van der Waals surface area contributed by atoms with E-state index in [0.29, 0.717) is 16.9 Å². The van der Waals surface area contributed by atoms with E-state index in [9.17, 15) is 9.18 Å². The summed E-state index contributed by atoms with van der Waals surface area (Å²) in [6.45, 7) is 1.90. The van der Waals surface area contributed by atoms with Gasteiger partial charge >= 0.3 is 0 Å². The van der Waals surface area contributed by atoms with Crippen molar-refractivity contribution in [3.63, 3.8) is 0 Å². The van der Waals surface area contributed by atoms with Crippen LogP contribution in [-0.4, -0.2) is 35.1 Å². The molecule has 0 spiro atoms. The third-order valence-corrected chi connectivity index (χ3v) is 4.09. The van der Waals surface area contributed by atoms with Gasteiger partial charge in [0.25, 0.3) is 0 Å². The Labute approximate surface area is 148 Å². The van der Waals surface area contributed by atoms with Gasteiger partial charge in [0, 0.05) is 18.8 Å². The second-order valence-corrected chi connectivity index (χ2v) is 6.02. The number of Topliss-reactive ketones (excluding diaryl/α,β-unsaturated/α-hetero) is 1. The van der Waals surface area contributed by atoms with Crippen LogP contribution in [0.15, 0.2) is 42.9 Å². The number of halogens is 1. The topological polar surface area (TPSA) is 78.0 Å². The van der Waals surface area contributed by atoms with Crippen molar-refractivity contribution in [2.75, 3.05) is 0 Å². The Balaban J connectivity index is 1.79. The lowest BCUT2D eigenvalue weighted by Gasteiger charge is -2.07. The first-order valence-electron chi connectivity index (χ1n) is 8.00. The van der Waals surface area contributed by atoms with Crippen LogP contribution in [0.2, 0.25) is 0 Å². The Bertz CT molecular complexity index is 1130. The van der Waals surface area contributed by atoms with Crippen LogP contribution >= 0.6 is 0 Å². The van der Waals surface area contributed by atoms with E-state index >= 15 is 0 Å². The van der Waals surface area contributed by atoms with Gasteiger partial charge in [-0.2, -0.15) is 14.6 Å². The predicted molar refractivity (Wildman–Crippen MR) is 92.2 cm³/mol. The quantitative estimate of drug-likeness (QED) is 0.417. The number of rotatable bonds is 4. The average molecular weight is 350 g/mol. The molecule has 0 aliphatic carbocycles. The molecule has 7 nitrogen and oxygen atoms in total. The lowest BCUT2D eigenvalue weighted by Crippen LogP contribution is -2.09. The maximum absolute atomic E-state index is 13.3. The summed E-state index contributed by atoms with van der Waals surface area (Å²) in [7, 11) is 1.84. The monoisotopic (exact) mass is 350 g/mol. The Kier molecular flexibility index (Phi) is 3.80. The van der Waals surface area contributed by atoms with E-state index < -0.39 is 5.95 Å². The number of carbonyl (C=O) groups excluding carboxylic acids is 1. The molecule has 4 aromatic rings. The van der Waals surface area contributed by atoms with Crippen molar-refractivity contribution in [3.05, 3.63) is 65.8 Å². The molecule has 0 aromatic carbocycles. The average Bonchev–Trinajstić information content (AvgIpc) is 3.19. The minimum absolute atomic E-state index is 0.0197. The van der Waals surface area contributed by atoms with Crippen molar-refractivity contribution in [2.24, 2.45) is 7.05 Å². The summed E-state index contributed by atoms with van der Waals surface area (Å²) in [5, 5.41) is 8.50. The molecule has 0 aliphatic rings. The standard InChI is InChI=1S/C18H15FN6O/c1-11-6-15(24(2)23-11)12-7-14(18-20-10-21-25(18)9-12)16(26)8-13-4-3-5-17(19)22-13/h3-7,9-10H,8H2,1-2H3. The van der Waals surface area contributed by atoms with Crippen LogP contribution < -0.4 is 0 Å². The molecule has 0 unspecified atom stereocenters. The van der Waals surface area contributed by atoms with Crippen LogP contribution in [-0.2, 0) is 13.5 Å². The number of pyridine rings is 2. The molecule has 8 heteroatoms.